The molecule has 1 saturated carbocycles. The lowest BCUT2D eigenvalue weighted by Crippen LogP contribution is -2.54. The van der Waals surface area contributed by atoms with Crippen LogP contribution in [0.5, 0.6) is 0 Å². The van der Waals surface area contributed by atoms with Gasteiger partial charge in [-0.15, -0.1) is 0 Å². The number of ether oxygens (including phenoxy) is 1. The zero-order chi connectivity index (χ0) is 22.0. The Kier molecular flexibility index (Phi) is 5.77. The molecule has 0 amide bonds. The third-order valence-electron chi connectivity index (χ3n) is 6.60. The summed E-state index contributed by atoms with van der Waals surface area (Å²) < 4.78 is 5.07. The molecule has 4 rings (SSSR count). The van der Waals surface area contributed by atoms with Crippen molar-refractivity contribution in [3.63, 3.8) is 0 Å². The molecule has 0 saturated heterocycles. The predicted octanol–water partition coefficient (Wildman–Crippen LogP) is 5.53. The molecule has 0 radical (unpaired) electrons. The Morgan fingerprint density at radius 3 is 1.84 bits per heavy atom. The van der Waals surface area contributed by atoms with Crippen LogP contribution >= 0.6 is 0 Å². The van der Waals surface area contributed by atoms with Gasteiger partial charge in [-0.05, 0) is 37.0 Å². The quantitative estimate of drug-likeness (QED) is 0.500. The normalized spacial score (nSPS) is 19.3. The van der Waals surface area contributed by atoms with Crippen molar-refractivity contribution in [2.45, 2.75) is 38.5 Å². The average Bonchev–Trinajstić information content (AvgIpc) is 2.75. The van der Waals surface area contributed by atoms with Crippen LogP contribution in [0.15, 0.2) is 78.9 Å². The number of hydrogen-bond acceptors (Lipinski definition) is 3. The third kappa shape index (κ3) is 3.93. The van der Waals surface area contributed by atoms with Crippen molar-refractivity contribution in [2.24, 2.45) is 5.92 Å². The van der Waals surface area contributed by atoms with Gasteiger partial charge in [0.05, 0.1) is 0 Å². The highest BCUT2D eigenvalue weighted by molar-refractivity contribution is 5.87. The molecule has 0 unspecified atom stereocenters. The minimum absolute atomic E-state index is 0.0149. The molecule has 0 bridgehead atoms. The van der Waals surface area contributed by atoms with E-state index in [9.17, 15) is 9.59 Å². The maximum absolute atomic E-state index is 13.1. The van der Waals surface area contributed by atoms with Crippen molar-refractivity contribution < 1.29 is 14.3 Å². The lowest BCUT2D eigenvalue weighted by molar-refractivity contribution is -0.148. The Morgan fingerprint density at radius 2 is 1.35 bits per heavy atom. The fourth-order valence-electron chi connectivity index (χ4n) is 4.99. The van der Waals surface area contributed by atoms with Gasteiger partial charge in [0.15, 0.2) is 5.78 Å². The zero-order valence-corrected chi connectivity index (χ0v) is 18.3. The molecule has 31 heavy (non-hydrogen) atoms. The predicted molar refractivity (Wildman–Crippen MR) is 122 cm³/mol. The summed E-state index contributed by atoms with van der Waals surface area (Å²) in [4.78, 5) is 24.4. The van der Waals surface area contributed by atoms with Gasteiger partial charge in [0.1, 0.15) is 6.61 Å². The molecule has 0 heterocycles. The Balaban J connectivity index is 1.84. The molecule has 3 nitrogen and oxygen atoms in total. The molecule has 0 spiro atoms. The highest BCUT2D eigenvalue weighted by Crippen LogP contribution is 2.62. The van der Waals surface area contributed by atoms with Crippen LogP contribution in [0.1, 0.15) is 47.1 Å². The van der Waals surface area contributed by atoms with Crippen LogP contribution in [-0.2, 0) is 19.7 Å². The summed E-state index contributed by atoms with van der Waals surface area (Å²) in [5.41, 5.74) is 5.68. The van der Waals surface area contributed by atoms with E-state index < -0.39 is 5.97 Å². The van der Waals surface area contributed by atoms with Crippen molar-refractivity contribution in [2.75, 3.05) is 6.61 Å². The number of benzene rings is 3. The van der Waals surface area contributed by atoms with Crippen LogP contribution in [0.3, 0.4) is 0 Å². The van der Waals surface area contributed by atoms with E-state index in [1.165, 1.54) is 29.2 Å². The summed E-state index contributed by atoms with van der Waals surface area (Å²) in [7, 11) is 0. The number of hydrogen-bond donors (Lipinski definition) is 0. The van der Waals surface area contributed by atoms with Gasteiger partial charge in [0, 0.05) is 24.2 Å². The smallest absolute Gasteiger partial charge is 0.303 e. The van der Waals surface area contributed by atoms with E-state index in [0.717, 1.165) is 5.56 Å². The minimum atomic E-state index is -0.424. The number of esters is 1. The van der Waals surface area contributed by atoms with Gasteiger partial charge in [-0.25, -0.2) is 0 Å². The number of Topliss-reactive ketones (excluding diaryl/α,β-unsaturated/α-hetero) is 1. The van der Waals surface area contributed by atoms with Gasteiger partial charge in [-0.2, -0.15) is 0 Å². The maximum Gasteiger partial charge on any atom is 0.303 e. The van der Waals surface area contributed by atoms with Crippen LogP contribution in [0.25, 0.3) is 0 Å². The third-order valence-corrected chi connectivity index (χ3v) is 6.60. The molecule has 1 aliphatic carbocycles. The van der Waals surface area contributed by atoms with Gasteiger partial charge in [-0.1, -0.05) is 90.0 Å². The second-order valence-electron chi connectivity index (χ2n) is 8.65. The summed E-state index contributed by atoms with van der Waals surface area (Å²) in [6, 6.07) is 27.6. The summed E-state index contributed by atoms with van der Waals surface area (Å²) in [6.45, 7) is 5.35. The number of carbonyl (C=O) groups is 2. The highest BCUT2D eigenvalue weighted by atomic mass is 16.5. The molecule has 3 heteroatoms. The molecule has 2 atom stereocenters. The van der Waals surface area contributed by atoms with Crippen LogP contribution in [-0.4, -0.2) is 18.4 Å². The Hall–Kier alpha value is -3.20. The van der Waals surface area contributed by atoms with Gasteiger partial charge >= 0.3 is 5.97 Å². The molecular formula is C28H28O3. The highest BCUT2D eigenvalue weighted by Gasteiger charge is 2.58. The molecule has 0 aromatic heterocycles. The molecular weight excluding hydrogens is 384 g/mol. The molecule has 1 fully saturated rings. The maximum atomic E-state index is 13.1. The fourth-order valence-corrected chi connectivity index (χ4v) is 4.99. The number of rotatable bonds is 6. The van der Waals surface area contributed by atoms with Crippen LogP contribution in [0.2, 0.25) is 0 Å². The minimum Gasteiger partial charge on any atom is -0.458 e. The number of carbonyl (C=O) groups excluding carboxylic acids is 2. The van der Waals surface area contributed by atoms with Gasteiger partial charge in [-0.3, -0.25) is 9.59 Å². The van der Waals surface area contributed by atoms with E-state index in [4.69, 9.17) is 4.74 Å². The largest absolute Gasteiger partial charge is 0.458 e. The standard InChI is InChI=1S/C28H28O3/c1-19-9-13-23(14-10-19)28(24-15-11-20(2)12-16-24)17-25(26(30)18-31-21(3)29)27(28)22-7-5-4-6-8-22/h4-16,25,27H,17-18H2,1-3H3/t25-,27-/m0/s1. The summed E-state index contributed by atoms with van der Waals surface area (Å²) in [5.74, 6) is -0.669. The lowest BCUT2D eigenvalue weighted by atomic mass is 9.46. The molecule has 0 N–H and O–H groups in total. The van der Waals surface area contributed by atoms with Crippen molar-refractivity contribution in [3.8, 4) is 0 Å². The second kappa shape index (κ2) is 8.50. The van der Waals surface area contributed by atoms with Gasteiger partial charge in [0.25, 0.3) is 0 Å². The monoisotopic (exact) mass is 412 g/mol. The van der Waals surface area contributed by atoms with Crippen LogP contribution in [0.4, 0.5) is 0 Å². The molecule has 0 aliphatic heterocycles. The summed E-state index contributed by atoms with van der Waals surface area (Å²) >= 11 is 0. The Morgan fingerprint density at radius 1 is 0.839 bits per heavy atom. The Labute approximate surface area is 184 Å². The summed E-state index contributed by atoms with van der Waals surface area (Å²) in [5, 5.41) is 0. The Bertz CT molecular complexity index is 1020. The van der Waals surface area contributed by atoms with Crippen molar-refractivity contribution in [1.82, 2.24) is 0 Å². The van der Waals surface area contributed by atoms with E-state index in [0.29, 0.717) is 6.42 Å². The van der Waals surface area contributed by atoms with E-state index in [1.807, 2.05) is 18.2 Å². The zero-order valence-electron chi connectivity index (χ0n) is 18.3. The summed E-state index contributed by atoms with van der Waals surface area (Å²) in [6.07, 6.45) is 0.693. The first-order valence-electron chi connectivity index (χ1n) is 10.8. The van der Waals surface area contributed by atoms with E-state index in [-0.39, 0.29) is 29.6 Å². The van der Waals surface area contributed by atoms with E-state index in [1.54, 1.807) is 0 Å². The van der Waals surface area contributed by atoms with Crippen LogP contribution < -0.4 is 0 Å². The van der Waals surface area contributed by atoms with Gasteiger partial charge in [0.2, 0.25) is 0 Å². The van der Waals surface area contributed by atoms with E-state index >= 15 is 0 Å². The fraction of sp³-hybridized carbons (Fsp3) is 0.286. The van der Waals surface area contributed by atoms with Crippen molar-refractivity contribution in [3.05, 3.63) is 107 Å². The van der Waals surface area contributed by atoms with Crippen LogP contribution in [0, 0.1) is 19.8 Å². The van der Waals surface area contributed by atoms with Gasteiger partial charge < -0.3 is 4.74 Å². The van der Waals surface area contributed by atoms with Crippen molar-refractivity contribution in [1.29, 1.82) is 0 Å². The molecule has 3 aromatic rings. The first kappa shape index (κ1) is 21.0. The lowest BCUT2D eigenvalue weighted by Gasteiger charge is -2.56. The molecule has 1 aliphatic rings. The van der Waals surface area contributed by atoms with Crippen molar-refractivity contribution >= 4 is 11.8 Å². The molecule has 158 valence electrons. The molecule has 3 aromatic carbocycles. The SMILES string of the molecule is CC(=O)OCC(=O)[C@@H]1CC(c2ccc(C)cc2)(c2ccc(C)cc2)[C@H]1c1ccccc1. The topological polar surface area (TPSA) is 43.4 Å². The first-order chi connectivity index (χ1) is 14.9. The van der Waals surface area contributed by atoms with E-state index in [2.05, 4.69) is 74.5 Å². The number of aryl methyl sites for hydroxylation is 2. The second-order valence-corrected chi connectivity index (χ2v) is 8.65. The average molecular weight is 413 g/mol. The first-order valence-corrected chi connectivity index (χ1v) is 10.8. The number of ketones is 1.